The highest BCUT2D eigenvalue weighted by atomic mass is 16.6. The van der Waals surface area contributed by atoms with Crippen LogP contribution in [0, 0.1) is 0 Å². The summed E-state index contributed by atoms with van der Waals surface area (Å²) in [4.78, 5) is 23.9. The molecule has 1 N–H and O–H groups in total. The molecule has 0 radical (unpaired) electrons. The van der Waals surface area contributed by atoms with Crippen LogP contribution in [0.1, 0.15) is 25.5 Å². The molecule has 7 heteroatoms. The maximum Gasteiger partial charge on any atom is 0.344 e. The van der Waals surface area contributed by atoms with E-state index >= 15 is 0 Å². The Kier molecular flexibility index (Phi) is 5.32. The molecule has 0 spiro atoms. The second kappa shape index (κ2) is 7.67. The van der Waals surface area contributed by atoms with Crippen LogP contribution in [0.4, 0.5) is 0 Å². The number of fused-ring (bicyclic) bond motifs is 3. The first-order valence-corrected chi connectivity index (χ1v) is 8.49. The third kappa shape index (κ3) is 3.73. The third-order valence-electron chi connectivity index (χ3n) is 4.16. The predicted molar refractivity (Wildman–Crippen MR) is 99.3 cm³/mol. The maximum atomic E-state index is 12.4. The summed E-state index contributed by atoms with van der Waals surface area (Å²) in [7, 11) is 1.48. The quantitative estimate of drug-likeness (QED) is 0.404. The maximum absolute atomic E-state index is 12.4. The lowest BCUT2D eigenvalue weighted by Gasteiger charge is -2.12. The summed E-state index contributed by atoms with van der Waals surface area (Å²) in [5.41, 5.74) is 0.397. The Morgan fingerprint density at radius 3 is 2.59 bits per heavy atom. The van der Waals surface area contributed by atoms with Gasteiger partial charge in [0, 0.05) is 16.8 Å². The normalized spacial score (nSPS) is 12.1. The number of carbonyl (C=O) groups is 1. The SMILES string of the molecule is CCOC(=O)COc1cc2oc(=O)c3cc(C(C)O)ccc3c2cc1OC. The summed E-state index contributed by atoms with van der Waals surface area (Å²) in [6.45, 7) is 3.30. The van der Waals surface area contributed by atoms with Crippen LogP contribution in [-0.4, -0.2) is 31.4 Å². The van der Waals surface area contributed by atoms with Crippen LogP contribution in [0.3, 0.4) is 0 Å². The number of aliphatic hydroxyl groups is 1. The Balaban J connectivity index is 2.12. The zero-order chi connectivity index (χ0) is 19.6. The molecule has 142 valence electrons. The minimum absolute atomic E-state index is 0.256. The van der Waals surface area contributed by atoms with Crippen molar-refractivity contribution in [2.45, 2.75) is 20.0 Å². The van der Waals surface area contributed by atoms with Gasteiger partial charge in [-0.3, -0.25) is 0 Å². The van der Waals surface area contributed by atoms with Crippen molar-refractivity contribution in [1.29, 1.82) is 0 Å². The zero-order valence-corrected chi connectivity index (χ0v) is 15.3. The summed E-state index contributed by atoms with van der Waals surface area (Å²) in [5, 5.41) is 11.4. The number of aliphatic hydroxyl groups excluding tert-OH is 1. The topological polar surface area (TPSA) is 95.2 Å². The second-order valence-corrected chi connectivity index (χ2v) is 5.96. The van der Waals surface area contributed by atoms with Gasteiger partial charge in [0.1, 0.15) is 5.58 Å². The van der Waals surface area contributed by atoms with Crippen molar-refractivity contribution in [3.8, 4) is 11.5 Å². The van der Waals surface area contributed by atoms with Crippen LogP contribution in [-0.2, 0) is 9.53 Å². The highest BCUT2D eigenvalue weighted by Crippen LogP contribution is 2.35. The molecule has 0 aliphatic carbocycles. The lowest BCUT2D eigenvalue weighted by Crippen LogP contribution is -2.15. The highest BCUT2D eigenvalue weighted by molar-refractivity contribution is 6.05. The molecule has 0 bridgehead atoms. The monoisotopic (exact) mass is 372 g/mol. The van der Waals surface area contributed by atoms with E-state index in [9.17, 15) is 14.7 Å². The van der Waals surface area contributed by atoms with Crippen molar-refractivity contribution >= 4 is 27.7 Å². The Morgan fingerprint density at radius 1 is 1.15 bits per heavy atom. The summed E-state index contributed by atoms with van der Waals surface area (Å²) >= 11 is 0. The van der Waals surface area contributed by atoms with E-state index in [2.05, 4.69) is 0 Å². The van der Waals surface area contributed by atoms with Crippen LogP contribution in [0.2, 0.25) is 0 Å². The van der Waals surface area contributed by atoms with Gasteiger partial charge >= 0.3 is 11.6 Å². The lowest BCUT2D eigenvalue weighted by molar-refractivity contribution is -0.145. The fraction of sp³-hybridized carbons (Fsp3) is 0.300. The van der Waals surface area contributed by atoms with E-state index in [1.807, 2.05) is 0 Å². The van der Waals surface area contributed by atoms with Crippen molar-refractivity contribution < 1.29 is 28.5 Å². The average molecular weight is 372 g/mol. The van der Waals surface area contributed by atoms with Gasteiger partial charge in [0.2, 0.25) is 0 Å². The van der Waals surface area contributed by atoms with Gasteiger partial charge in [-0.1, -0.05) is 12.1 Å². The summed E-state index contributed by atoms with van der Waals surface area (Å²) in [5.74, 6) is 0.146. The van der Waals surface area contributed by atoms with E-state index in [0.29, 0.717) is 33.1 Å². The molecule has 0 amide bonds. The van der Waals surface area contributed by atoms with Crippen molar-refractivity contribution in [1.82, 2.24) is 0 Å². The first-order chi connectivity index (χ1) is 12.9. The van der Waals surface area contributed by atoms with Gasteiger partial charge in [-0.15, -0.1) is 0 Å². The number of methoxy groups -OCH3 is 1. The molecule has 2 aromatic carbocycles. The largest absolute Gasteiger partial charge is 0.493 e. The molecule has 0 fully saturated rings. The van der Waals surface area contributed by atoms with E-state index in [-0.39, 0.29) is 19.0 Å². The van der Waals surface area contributed by atoms with E-state index in [0.717, 1.165) is 0 Å². The number of benzene rings is 2. The number of ether oxygens (including phenoxy) is 3. The van der Waals surface area contributed by atoms with Gasteiger partial charge in [-0.05, 0) is 31.5 Å². The lowest BCUT2D eigenvalue weighted by atomic mass is 10.0. The molecule has 1 heterocycles. The first kappa shape index (κ1) is 18.7. The molecular weight excluding hydrogens is 352 g/mol. The minimum atomic E-state index is -0.697. The number of hydrogen-bond donors (Lipinski definition) is 1. The standard InChI is InChI=1S/C20H20O7/c1-4-25-19(22)10-26-18-9-16-14(8-17(18)24-3)13-6-5-12(11(2)21)7-15(13)20(23)27-16/h5-9,11,21H,4,10H2,1-3H3. The molecule has 0 aliphatic rings. The van der Waals surface area contributed by atoms with E-state index in [4.69, 9.17) is 18.6 Å². The average Bonchev–Trinajstić information content (AvgIpc) is 2.65. The Bertz CT molecular complexity index is 1050. The van der Waals surface area contributed by atoms with Crippen LogP contribution in [0.25, 0.3) is 21.7 Å². The molecule has 1 unspecified atom stereocenters. The summed E-state index contributed by atoms with van der Waals surface area (Å²) in [6, 6.07) is 8.32. The Labute approximate surface area is 155 Å². The van der Waals surface area contributed by atoms with Crippen molar-refractivity contribution in [3.63, 3.8) is 0 Å². The second-order valence-electron chi connectivity index (χ2n) is 5.96. The Hall–Kier alpha value is -3.06. The number of hydrogen-bond acceptors (Lipinski definition) is 7. The van der Waals surface area contributed by atoms with Gasteiger partial charge < -0.3 is 23.7 Å². The molecule has 27 heavy (non-hydrogen) atoms. The molecule has 7 nitrogen and oxygen atoms in total. The van der Waals surface area contributed by atoms with Crippen LogP contribution in [0.15, 0.2) is 39.5 Å². The van der Waals surface area contributed by atoms with Gasteiger partial charge in [-0.2, -0.15) is 0 Å². The Morgan fingerprint density at radius 2 is 1.93 bits per heavy atom. The van der Waals surface area contributed by atoms with Crippen molar-refractivity contribution in [2.24, 2.45) is 0 Å². The van der Waals surface area contributed by atoms with Gasteiger partial charge in [0.05, 0.1) is 25.2 Å². The van der Waals surface area contributed by atoms with Gasteiger partial charge in [0.15, 0.2) is 18.1 Å². The first-order valence-electron chi connectivity index (χ1n) is 8.49. The van der Waals surface area contributed by atoms with Gasteiger partial charge in [0.25, 0.3) is 0 Å². The molecule has 1 aromatic heterocycles. The highest BCUT2D eigenvalue weighted by Gasteiger charge is 2.15. The minimum Gasteiger partial charge on any atom is -0.493 e. The van der Waals surface area contributed by atoms with Crippen LogP contribution in [0.5, 0.6) is 11.5 Å². The van der Waals surface area contributed by atoms with Crippen molar-refractivity contribution in [3.05, 3.63) is 46.3 Å². The predicted octanol–water partition coefficient (Wildman–Crippen LogP) is 2.95. The van der Waals surface area contributed by atoms with Crippen LogP contribution < -0.4 is 15.1 Å². The van der Waals surface area contributed by atoms with E-state index < -0.39 is 17.7 Å². The molecule has 3 rings (SSSR count). The number of carbonyl (C=O) groups excluding carboxylic acids is 1. The van der Waals surface area contributed by atoms with Crippen molar-refractivity contribution in [2.75, 3.05) is 20.3 Å². The fourth-order valence-corrected chi connectivity index (χ4v) is 2.83. The third-order valence-corrected chi connectivity index (χ3v) is 4.16. The number of rotatable bonds is 6. The molecule has 1 atom stereocenters. The molecule has 0 aliphatic heterocycles. The fourth-order valence-electron chi connectivity index (χ4n) is 2.83. The van der Waals surface area contributed by atoms with E-state index in [1.165, 1.54) is 13.2 Å². The van der Waals surface area contributed by atoms with Gasteiger partial charge in [-0.25, -0.2) is 9.59 Å². The van der Waals surface area contributed by atoms with E-state index in [1.54, 1.807) is 38.1 Å². The molecule has 0 saturated heterocycles. The molecule has 0 saturated carbocycles. The summed E-state index contributed by atoms with van der Waals surface area (Å²) < 4.78 is 21.1. The molecule has 3 aromatic rings. The molecular formula is C20H20O7. The smallest absolute Gasteiger partial charge is 0.344 e. The van der Waals surface area contributed by atoms with Crippen LogP contribution >= 0.6 is 0 Å². The number of esters is 1. The summed E-state index contributed by atoms with van der Waals surface area (Å²) in [6.07, 6.45) is -0.697. The zero-order valence-electron chi connectivity index (χ0n) is 15.3.